The summed E-state index contributed by atoms with van der Waals surface area (Å²) in [6.45, 7) is 5.79. The molecule has 0 bridgehead atoms. The molecule has 1 amide bonds. The van der Waals surface area contributed by atoms with E-state index in [1.165, 1.54) is 22.2 Å². The fourth-order valence-corrected chi connectivity index (χ4v) is 5.86. The fraction of sp³-hybridized carbons (Fsp3) is 0.464. The molecule has 2 aliphatic heterocycles. The van der Waals surface area contributed by atoms with Crippen molar-refractivity contribution in [2.45, 2.75) is 32.5 Å². The van der Waals surface area contributed by atoms with Gasteiger partial charge in [0.15, 0.2) is 5.17 Å². The molecule has 0 radical (unpaired) electrons. The maximum Gasteiger partial charge on any atom is 0.352 e. The molecule has 2 heterocycles. The van der Waals surface area contributed by atoms with Gasteiger partial charge in [-0.05, 0) is 24.6 Å². The molecular weight excluding hydrogens is 504 g/mol. The van der Waals surface area contributed by atoms with E-state index in [0.717, 1.165) is 28.3 Å². The lowest BCUT2D eigenvalue weighted by Gasteiger charge is -2.46. The lowest BCUT2D eigenvalue weighted by molar-refractivity contribution is -0.902. The molecule has 0 saturated carbocycles. The number of carbonyl (C=O) groups excluding carboxylic acids is 1. The molecule has 0 unspecified atom stereocenters. The van der Waals surface area contributed by atoms with Gasteiger partial charge < -0.3 is 30.1 Å². The number of aliphatic hydroxyl groups is 1. The van der Waals surface area contributed by atoms with E-state index in [4.69, 9.17) is 10.5 Å². The summed E-state index contributed by atoms with van der Waals surface area (Å²) in [7, 11) is 4.33. The highest BCUT2D eigenvalue weighted by Gasteiger charge is 2.59. The highest BCUT2D eigenvalue weighted by atomic mass is 32.2. The van der Waals surface area contributed by atoms with E-state index in [2.05, 4.69) is 31.2 Å². The van der Waals surface area contributed by atoms with Crippen LogP contribution in [-0.2, 0) is 16.1 Å². The lowest BCUT2D eigenvalue weighted by Crippen LogP contribution is -2.63. The second-order valence-electron chi connectivity index (χ2n) is 10.7. The lowest BCUT2D eigenvalue weighted by atomic mass is 9.78. The zero-order valence-electron chi connectivity index (χ0n) is 22.5. The number of nitrogens with zero attached hydrogens (tertiary/aromatic N) is 3. The standard InChI is InChI=1S/C28H36N4O5S/c1-16-21(25(27(35)36)31-24(16)23(17(2)33)26(31)34)15-37-22-11-7-9-19-18(8-6-10-20(19)22)14-32(3,4)13-12-30-28(29)38-5/h6-11,16-17,23-24,33H,12-15H2,1-5H3,(H2-,29,30,35,36)/p+1/t16-,17+,23+,24+/m0/s1. The van der Waals surface area contributed by atoms with Gasteiger partial charge in [0.2, 0.25) is 5.91 Å². The number of thioether (sulfide) groups is 1. The summed E-state index contributed by atoms with van der Waals surface area (Å²) in [5.74, 6) is -1.67. The second-order valence-corrected chi connectivity index (χ2v) is 11.6. The number of carboxylic acid groups (broad SMARTS) is 1. The number of benzene rings is 2. The number of fused-ring (bicyclic) bond motifs is 2. The van der Waals surface area contributed by atoms with Gasteiger partial charge in [-0.3, -0.25) is 9.79 Å². The highest BCUT2D eigenvalue weighted by molar-refractivity contribution is 8.13. The molecule has 0 spiro atoms. The minimum atomic E-state index is -1.15. The Kier molecular flexibility index (Phi) is 8.06. The van der Waals surface area contributed by atoms with Crippen molar-refractivity contribution >= 4 is 39.6 Å². The first-order valence-corrected chi connectivity index (χ1v) is 14.0. The van der Waals surface area contributed by atoms with Crippen LogP contribution >= 0.6 is 11.8 Å². The smallest absolute Gasteiger partial charge is 0.352 e. The summed E-state index contributed by atoms with van der Waals surface area (Å²) < 4.78 is 6.97. The Bertz CT molecular complexity index is 1310. The Labute approximate surface area is 227 Å². The number of aliphatic hydroxyl groups excluding tert-OH is 1. The van der Waals surface area contributed by atoms with Crippen LogP contribution in [0.3, 0.4) is 0 Å². The number of carboxylic acids is 1. The van der Waals surface area contributed by atoms with Crippen LogP contribution in [0.15, 0.2) is 52.7 Å². The molecule has 4 N–H and O–H groups in total. The first-order valence-electron chi connectivity index (χ1n) is 12.7. The number of β-lactam (4-membered cyclic amide) rings is 1. The Hall–Kier alpha value is -3.08. The van der Waals surface area contributed by atoms with Crippen molar-refractivity contribution in [1.29, 1.82) is 0 Å². The first-order chi connectivity index (χ1) is 18.0. The number of ether oxygens (including phenoxy) is 1. The van der Waals surface area contributed by atoms with Crippen LogP contribution in [0, 0.1) is 11.8 Å². The molecule has 4 atom stereocenters. The van der Waals surface area contributed by atoms with Crippen LogP contribution in [0.25, 0.3) is 10.8 Å². The molecule has 1 saturated heterocycles. The van der Waals surface area contributed by atoms with E-state index in [0.29, 0.717) is 23.0 Å². The number of quaternary nitrogens is 1. The number of amidine groups is 1. The molecular formula is C28H37N4O5S+. The minimum absolute atomic E-state index is 0.0193. The number of carbonyl (C=O) groups is 2. The van der Waals surface area contributed by atoms with E-state index in [9.17, 15) is 19.8 Å². The van der Waals surface area contributed by atoms with E-state index in [-0.39, 0.29) is 30.2 Å². The van der Waals surface area contributed by atoms with Gasteiger partial charge >= 0.3 is 5.97 Å². The predicted octanol–water partition coefficient (Wildman–Crippen LogP) is 2.67. The molecule has 2 aromatic carbocycles. The molecule has 1 fully saturated rings. The molecule has 4 rings (SSSR count). The van der Waals surface area contributed by atoms with Gasteiger partial charge in [0.05, 0.1) is 45.2 Å². The Morgan fingerprint density at radius 1 is 1.24 bits per heavy atom. The molecule has 2 aliphatic rings. The molecule has 2 aromatic rings. The van der Waals surface area contributed by atoms with Crippen LogP contribution < -0.4 is 10.5 Å². The van der Waals surface area contributed by atoms with E-state index >= 15 is 0 Å². The van der Waals surface area contributed by atoms with E-state index in [1.54, 1.807) is 6.92 Å². The zero-order chi connectivity index (χ0) is 27.8. The van der Waals surface area contributed by atoms with Crippen molar-refractivity contribution < 1.29 is 29.0 Å². The fourth-order valence-electron chi connectivity index (χ4n) is 5.64. The molecule has 38 heavy (non-hydrogen) atoms. The molecule has 9 nitrogen and oxygen atoms in total. The number of likely N-dealkylation sites (N-methyl/N-ethyl adjacent to an activating group) is 1. The summed E-state index contributed by atoms with van der Waals surface area (Å²) in [5.41, 5.74) is 7.55. The normalized spacial score (nSPS) is 22.5. The maximum absolute atomic E-state index is 12.6. The van der Waals surface area contributed by atoms with Gasteiger partial charge in [-0.1, -0.05) is 49.0 Å². The van der Waals surface area contributed by atoms with Gasteiger partial charge in [-0.2, -0.15) is 0 Å². The summed E-state index contributed by atoms with van der Waals surface area (Å²) >= 11 is 1.44. The van der Waals surface area contributed by atoms with Crippen molar-refractivity contribution in [3.63, 3.8) is 0 Å². The van der Waals surface area contributed by atoms with Crippen LogP contribution in [0.5, 0.6) is 5.75 Å². The van der Waals surface area contributed by atoms with Crippen molar-refractivity contribution in [2.75, 3.05) is 40.0 Å². The average Bonchev–Trinajstić information content (AvgIpc) is 3.10. The molecule has 10 heteroatoms. The molecule has 204 valence electrons. The van der Waals surface area contributed by atoms with E-state index in [1.807, 2.05) is 37.4 Å². The van der Waals surface area contributed by atoms with Gasteiger partial charge in [-0.15, -0.1) is 0 Å². The largest absolute Gasteiger partial charge is 0.488 e. The first kappa shape index (κ1) is 27.9. The zero-order valence-corrected chi connectivity index (χ0v) is 23.4. The SMILES string of the molecule is CSC(N)=NCC[N+](C)(C)Cc1cccc2c(OCC3=C(C(=O)O)N4C(=O)[C@H]([C@@H](C)O)[C@H]4[C@H]3C)cccc12. The Morgan fingerprint density at radius 3 is 2.58 bits per heavy atom. The van der Waals surface area contributed by atoms with Crippen LogP contribution in [0.1, 0.15) is 19.4 Å². The summed E-state index contributed by atoms with van der Waals surface area (Å²) in [6.07, 6.45) is 1.07. The highest BCUT2D eigenvalue weighted by Crippen LogP contribution is 2.47. The van der Waals surface area contributed by atoms with Gasteiger partial charge in [0.25, 0.3) is 0 Å². The van der Waals surface area contributed by atoms with Crippen molar-refractivity contribution in [3.8, 4) is 5.75 Å². The predicted molar refractivity (Wildman–Crippen MR) is 150 cm³/mol. The third-order valence-electron chi connectivity index (χ3n) is 7.65. The summed E-state index contributed by atoms with van der Waals surface area (Å²) in [5, 5.41) is 22.6. The van der Waals surface area contributed by atoms with Gasteiger partial charge in [0.1, 0.15) is 24.6 Å². The van der Waals surface area contributed by atoms with Crippen LogP contribution in [0.4, 0.5) is 0 Å². The van der Waals surface area contributed by atoms with Crippen molar-refractivity contribution in [2.24, 2.45) is 22.6 Å². The average molecular weight is 542 g/mol. The number of nitrogens with two attached hydrogens (primary N) is 1. The number of amides is 1. The van der Waals surface area contributed by atoms with Gasteiger partial charge in [0, 0.05) is 22.4 Å². The quantitative estimate of drug-likeness (QED) is 0.183. The number of hydrogen-bond donors (Lipinski definition) is 3. The van der Waals surface area contributed by atoms with Crippen molar-refractivity contribution in [1.82, 2.24) is 4.90 Å². The minimum Gasteiger partial charge on any atom is -0.488 e. The summed E-state index contributed by atoms with van der Waals surface area (Å²) in [6, 6.07) is 11.7. The Balaban J connectivity index is 1.56. The topological polar surface area (TPSA) is 125 Å². The maximum atomic E-state index is 12.6. The van der Waals surface area contributed by atoms with Crippen LogP contribution in [0.2, 0.25) is 0 Å². The Morgan fingerprint density at radius 2 is 1.92 bits per heavy atom. The summed E-state index contributed by atoms with van der Waals surface area (Å²) in [4.78, 5) is 30.5. The third-order valence-corrected chi connectivity index (χ3v) is 8.20. The number of aliphatic imine (C=N–C) groups is 1. The monoisotopic (exact) mass is 541 g/mol. The molecule has 0 aromatic heterocycles. The number of rotatable bonds is 10. The molecule has 0 aliphatic carbocycles. The van der Waals surface area contributed by atoms with Crippen LogP contribution in [-0.4, -0.2) is 88.8 Å². The van der Waals surface area contributed by atoms with E-state index < -0.39 is 18.0 Å². The van der Waals surface area contributed by atoms with Gasteiger partial charge in [-0.25, -0.2) is 4.79 Å². The van der Waals surface area contributed by atoms with Crippen molar-refractivity contribution in [3.05, 3.63) is 53.2 Å². The second kappa shape index (κ2) is 11.0. The number of hydrogen-bond acceptors (Lipinski definition) is 6. The third kappa shape index (κ3) is 5.25. The number of aliphatic carboxylic acids is 1.